The third-order valence-corrected chi connectivity index (χ3v) is 2.98. The minimum Gasteiger partial charge on any atom is -0.497 e. The molecule has 0 aliphatic rings. The molecule has 2 rings (SSSR count). The summed E-state index contributed by atoms with van der Waals surface area (Å²) in [7, 11) is 1.63. The molecule has 1 aromatic heterocycles. The summed E-state index contributed by atoms with van der Waals surface area (Å²) in [6, 6.07) is 9.43. The van der Waals surface area contributed by atoms with Crippen LogP contribution in [0.1, 0.15) is 21.7 Å². The Morgan fingerprint density at radius 1 is 1.33 bits per heavy atom. The van der Waals surface area contributed by atoms with Gasteiger partial charge in [-0.15, -0.1) is 12.4 Å². The van der Waals surface area contributed by atoms with E-state index in [0.717, 1.165) is 17.7 Å². The van der Waals surface area contributed by atoms with Crippen LogP contribution in [0.15, 0.2) is 41.0 Å². The third kappa shape index (κ3) is 4.81. The van der Waals surface area contributed by atoms with Gasteiger partial charge in [-0.25, -0.2) is 0 Å². The van der Waals surface area contributed by atoms with Crippen molar-refractivity contribution in [2.45, 2.75) is 13.0 Å². The summed E-state index contributed by atoms with van der Waals surface area (Å²) in [5.74, 6) is 1.28. The van der Waals surface area contributed by atoms with Crippen molar-refractivity contribution in [3.05, 3.63) is 53.5 Å². The molecule has 21 heavy (non-hydrogen) atoms. The number of ether oxygens (including phenoxy) is 1. The molecule has 0 bridgehead atoms. The lowest BCUT2D eigenvalue weighted by Crippen LogP contribution is -2.25. The number of rotatable bonds is 6. The zero-order valence-electron chi connectivity index (χ0n) is 11.8. The van der Waals surface area contributed by atoms with E-state index in [-0.39, 0.29) is 18.3 Å². The Balaban J connectivity index is 0.00000220. The van der Waals surface area contributed by atoms with Gasteiger partial charge in [0.05, 0.1) is 19.2 Å². The zero-order chi connectivity index (χ0) is 14.4. The summed E-state index contributed by atoms with van der Waals surface area (Å²) >= 11 is 0. The molecule has 0 atom stereocenters. The molecule has 1 amide bonds. The van der Waals surface area contributed by atoms with Crippen molar-refractivity contribution in [2.24, 2.45) is 5.73 Å². The van der Waals surface area contributed by atoms with E-state index in [1.54, 1.807) is 13.2 Å². The molecule has 0 saturated carbocycles. The van der Waals surface area contributed by atoms with Gasteiger partial charge in [-0.2, -0.15) is 0 Å². The number of halogens is 1. The normalized spacial score (nSPS) is 9.81. The van der Waals surface area contributed by atoms with Gasteiger partial charge in [0, 0.05) is 6.54 Å². The van der Waals surface area contributed by atoms with Gasteiger partial charge < -0.3 is 20.2 Å². The first-order valence-electron chi connectivity index (χ1n) is 6.41. The van der Waals surface area contributed by atoms with Crippen LogP contribution in [0.2, 0.25) is 0 Å². The van der Waals surface area contributed by atoms with Gasteiger partial charge in [0.1, 0.15) is 17.8 Å². The van der Waals surface area contributed by atoms with Crippen LogP contribution < -0.4 is 15.8 Å². The topological polar surface area (TPSA) is 77.5 Å². The number of furan rings is 1. The highest BCUT2D eigenvalue weighted by Crippen LogP contribution is 2.11. The number of benzene rings is 1. The Morgan fingerprint density at radius 3 is 2.62 bits per heavy atom. The molecule has 1 heterocycles. The third-order valence-electron chi connectivity index (χ3n) is 2.98. The maximum Gasteiger partial charge on any atom is 0.254 e. The lowest BCUT2D eigenvalue weighted by Gasteiger charge is -2.05. The Labute approximate surface area is 129 Å². The first-order valence-corrected chi connectivity index (χ1v) is 6.41. The van der Waals surface area contributed by atoms with Crippen molar-refractivity contribution >= 4 is 18.3 Å². The predicted octanol–water partition coefficient (Wildman–Crippen LogP) is 2.14. The second kappa shape index (κ2) is 8.34. The van der Waals surface area contributed by atoms with Crippen LogP contribution in [-0.2, 0) is 13.0 Å². The Kier molecular flexibility index (Phi) is 6.78. The molecule has 0 fully saturated rings. The van der Waals surface area contributed by atoms with Gasteiger partial charge in [-0.1, -0.05) is 12.1 Å². The van der Waals surface area contributed by atoms with Crippen molar-refractivity contribution in [1.82, 2.24) is 5.32 Å². The molecule has 2 aromatic rings. The molecule has 114 valence electrons. The van der Waals surface area contributed by atoms with E-state index in [9.17, 15) is 4.79 Å². The lowest BCUT2D eigenvalue weighted by molar-refractivity contribution is 0.0953. The number of nitrogens with two attached hydrogens (primary N) is 1. The standard InChI is InChI=1S/C15H18N2O3.ClH/c1-19-13-4-2-11(3-5-13)6-7-17-15(18)12-8-14(9-16)20-10-12;/h2-5,8,10H,6-7,9,16H2,1H3,(H,17,18);1H. The van der Waals surface area contributed by atoms with Crippen LogP contribution in [-0.4, -0.2) is 19.6 Å². The minimum atomic E-state index is -0.151. The van der Waals surface area contributed by atoms with Crippen molar-refractivity contribution in [2.75, 3.05) is 13.7 Å². The van der Waals surface area contributed by atoms with Crippen molar-refractivity contribution in [3.63, 3.8) is 0 Å². The van der Waals surface area contributed by atoms with Gasteiger partial charge in [-0.3, -0.25) is 4.79 Å². The Morgan fingerprint density at radius 2 is 2.05 bits per heavy atom. The van der Waals surface area contributed by atoms with E-state index < -0.39 is 0 Å². The van der Waals surface area contributed by atoms with Crippen LogP contribution in [0.4, 0.5) is 0 Å². The fraction of sp³-hybridized carbons (Fsp3) is 0.267. The zero-order valence-corrected chi connectivity index (χ0v) is 12.6. The second-order valence-corrected chi connectivity index (χ2v) is 4.36. The van der Waals surface area contributed by atoms with Gasteiger partial charge in [0.2, 0.25) is 0 Å². The summed E-state index contributed by atoms with van der Waals surface area (Å²) in [5, 5.41) is 2.84. The maximum absolute atomic E-state index is 11.8. The van der Waals surface area contributed by atoms with Crippen molar-refractivity contribution < 1.29 is 13.9 Å². The quantitative estimate of drug-likeness (QED) is 0.857. The highest BCUT2D eigenvalue weighted by molar-refractivity contribution is 5.93. The monoisotopic (exact) mass is 310 g/mol. The average molecular weight is 311 g/mol. The minimum absolute atomic E-state index is 0. The van der Waals surface area contributed by atoms with Gasteiger partial charge in [0.15, 0.2) is 0 Å². The highest BCUT2D eigenvalue weighted by atomic mass is 35.5. The molecule has 1 aromatic carbocycles. The van der Waals surface area contributed by atoms with Crippen molar-refractivity contribution in [3.8, 4) is 5.75 Å². The molecule has 0 spiro atoms. The van der Waals surface area contributed by atoms with Gasteiger partial charge >= 0.3 is 0 Å². The molecule has 0 aliphatic heterocycles. The van der Waals surface area contributed by atoms with E-state index in [0.29, 0.717) is 24.4 Å². The summed E-state index contributed by atoms with van der Waals surface area (Å²) in [5.41, 5.74) is 7.07. The smallest absolute Gasteiger partial charge is 0.254 e. The SMILES string of the molecule is COc1ccc(CCNC(=O)c2coc(CN)c2)cc1.Cl. The Bertz CT molecular complexity index is 567. The fourth-order valence-electron chi connectivity index (χ4n) is 1.82. The summed E-state index contributed by atoms with van der Waals surface area (Å²) in [4.78, 5) is 11.8. The molecule has 0 radical (unpaired) electrons. The van der Waals surface area contributed by atoms with E-state index in [1.807, 2.05) is 24.3 Å². The summed E-state index contributed by atoms with van der Waals surface area (Å²) < 4.78 is 10.2. The number of methoxy groups -OCH3 is 1. The number of carbonyl (C=O) groups is 1. The fourth-order valence-corrected chi connectivity index (χ4v) is 1.82. The number of hydrogen-bond donors (Lipinski definition) is 2. The van der Waals surface area contributed by atoms with Crippen LogP contribution in [0, 0.1) is 0 Å². The largest absolute Gasteiger partial charge is 0.497 e. The van der Waals surface area contributed by atoms with Gasteiger partial charge in [-0.05, 0) is 30.2 Å². The molecule has 3 N–H and O–H groups in total. The summed E-state index contributed by atoms with van der Waals surface area (Å²) in [6.07, 6.45) is 2.18. The molecule has 6 heteroatoms. The molecule has 5 nitrogen and oxygen atoms in total. The molecule has 0 aliphatic carbocycles. The average Bonchev–Trinajstić information content (AvgIpc) is 2.97. The van der Waals surface area contributed by atoms with E-state index >= 15 is 0 Å². The van der Waals surface area contributed by atoms with E-state index in [4.69, 9.17) is 14.9 Å². The molecular formula is C15H19ClN2O3. The Hall–Kier alpha value is -1.98. The van der Waals surface area contributed by atoms with Crippen molar-refractivity contribution in [1.29, 1.82) is 0 Å². The summed E-state index contributed by atoms with van der Waals surface area (Å²) in [6.45, 7) is 0.855. The first kappa shape index (κ1) is 17.1. The molecule has 0 unspecified atom stereocenters. The van der Waals surface area contributed by atoms with Crippen LogP contribution >= 0.6 is 12.4 Å². The number of nitrogens with one attached hydrogen (secondary N) is 1. The highest BCUT2D eigenvalue weighted by Gasteiger charge is 2.08. The molecular weight excluding hydrogens is 292 g/mol. The van der Waals surface area contributed by atoms with Crippen LogP contribution in [0.3, 0.4) is 0 Å². The van der Waals surface area contributed by atoms with Crippen LogP contribution in [0.5, 0.6) is 5.75 Å². The predicted molar refractivity (Wildman–Crippen MR) is 82.9 cm³/mol. The van der Waals surface area contributed by atoms with Crippen LogP contribution in [0.25, 0.3) is 0 Å². The lowest BCUT2D eigenvalue weighted by atomic mass is 10.1. The van der Waals surface area contributed by atoms with Gasteiger partial charge in [0.25, 0.3) is 5.91 Å². The van der Waals surface area contributed by atoms with E-state index in [1.165, 1.54) is 6.26 Å². The van der Waals surface area contributed by atoms with E-state index in [2.05, 4.69) is 5.32 Å². The molecule has 0 saturated heterocycles. The number of carbonyl (C=O) groups excluding carboxylic acids is 1. The first-order chi connectivity index (χ1) is 9.72. The number of hydrogen-bond acceptors (Lipinski definition) is 4. The number of amides is 1. The second-order valence-electron chi connectivity index (χ2n) is 4.36. The maximum atomic E-state index is 11.8.